The van der Waals surface area contributed by atoms with E-state index in [1.165, 1.54) is 23.7 Å². The van der Waals surface area contributed by atoms with Gasteiger partial charge in [0.2, 0.25) is 0 Å². The molecule has 0 radical (unpaired) electrons. The summed E-state index contributed by atoms with van der Waals surface area (Å²) in [5.74, 6) is 0. The standard InChI is InChI=1S/C8H8N2O2S2.ClH/c1-14(11,12)5-2-3-6-7(4-5)13-8(9)10-6;/h2-4H,1H3,(H2,9,10);1H. The summed E-state index contributed by atoms with van der Waals surface area (Å²) in [7, 11) is -3.15. The highest BCUT2D eigenvalue weighted by Crippen LogP contribution is 2.25. The van der Waals surface area contributed by atoms with Gasteiger partial charge in [-0.2, -0.15) is 0 Å². The second-order valence-electron chi connectivity index (χ2n) is 2.95. The van der Waals surface area contributed by atoms with Gasteiger partial charge in [0.05, 0.1) is 15.1 Å². The summed E-state index contributed by atoms with van der Waals surface area (Å²) >= 11 is 1.28. The maximum atomic E-state index is 11.2. The largest absolute Gasteiger partial charge is 0.375 e. The molecule has 0 amide bonds. The summed E-state index contributed by atoms with van der Waals surface area (Å²) in [5.41, 5.74) is 6.24. The van der Waals surface area contributed by atoms with Crippen LogP contribution in [-0.2, 0) is 9.84 Å². The summed E-state index contributed by atoms with van der Waals surface area (Å²) in [6.07, 6.45) is 1.18. The van der Waals surface area contributed by atoms with Crippen LogP contribution in [0.25, 0.3) is 10.2 Å². The molecule has 0 atom stereocenters. The molecule has 0 spiro atoms. The van der Waals surface area contributed by atoms with Crippen LogP contribution >= 0.6 is 23.7 Å². The van der Waals surface area contributed by atoms with Gasteiger partial charge in [0.25, 0.3) is 0 Å². The fourth-order valence-electron chi connectivity index (χ4n) is 1.15. The van der Waals surface area contributed by atoms with E-state index in [0.29, 0.717) is 10.0 Å². The van der Waals surface area contributed by atoms with Gasteiger partial charge in [-0.05, 0) is 18.2 Å². The summed E-state index contributed by atoms with van der Waals surface area (Å²) in [4.78, 5) is 4.34. The van der Waals surface area contributed by atoms with Crippen LogP contribution in [-0.4, -0.2) is 19.7 Å². The molecule has 1 heterocycles. The van der Waals surface area contributed by atoms with Gasteiger partial charge in [-0.1, -0.05) is 11.3 Å². The number of sulfone groups is 1. The minimum absolute atomic E-state index is 0. The van der Waals surface area contributed by atoms with E-state index in [-0.39, 0.29) is 12.4 Å². The van der Waals surface area contributed by atoms with Crippen LogP contribution in [0, 0.1) is 0 Å². The van der Waals surface area contributed by atoms with Gasteiger partial charge in [-0.25, -0.2) is 13.4 Å². The predicted octanol–water partition coefficient (Wildman–Crippen LogP) is 1.70. The molecule has 1 aromatic carbocycles. The molecule has 0 fully saturated rings. The first-order valence-electron chi connectivity index (χ1n) is 3.83. The minimum Gasteiger partial charge on any atom is -0.375 e. The van der Waals surface area contributed by atoms with E-state index in [0.717, 1.165) is 10.2 Å². The molecule has 4 nitrogen and oxygen atoms in total. The molecule has 0 bridgehead atoms. The van der Waals surface area contributed by atoms with Gasteiger partial charge in [-0.15, -0.1) is 12.4 Å². The van der Waals surface area contributed by atoms with E-state index in [2.05, 4.69) is 4.98 Å². The fourth-order valence-corrected chi connectivity index (χ4v) is 2.65. The van der Waals surface area contributed by atoms with Gasteiger partial charge >= 0.3 is 0 Å². The third-order valence-electron chi connectivity index (χ3n) is 1.80. The highest BCUT2D eigenvalue weighted by atomic mass is 35.5. The highest BCUT2D eigenvalue weighted by Gasteiger charge is 2.09. The van der Waals surface area contributed by atoms with Crippen molar-refractivity contribution in [1.82, 2.24) is 4.98 Å². The number of nitrogens with zero attached hydrogens (tertiary/aromatic N) is 1. The van der Waals surface area contributed by atoms with Crippen molar-refractivity contribution < 1.29 is 8.42 Å². The summed E-state index contributed by atoms with van der Waals surface area (Å²) in [5, 5.41) is 0.450. The van der Waals surface area contributed by atoms with Crippen LogP contribution in [0.4, 0.5) is 5.13 Å². The summed E-state index contributed by atoms with van der Waals surface area (Å²) in [6, 6.07) is 4.80. The van der Waals surface area contributed by atoms with Gasteiger partial charge in [0.1, 0.15) is 0 Å². The van der Waals surface area contributed by atoms with E-state index >= 15 is 0 Å². The molecule has 0 aliphatic rings. The van der Waals surface area contributed by atoms with Crippen LogP contribution in [0.1, 0.15) is 0 Å². The second-order valence-corrected chi connectivity index (χ2v) is 6.03. The first kappa shape index (κ1) is 12.2. The third-order valence-corrected chi connectivity index (χ3v) is 3.76. The van der Waals surface area contributed by atoms with Crippen molar-refractivity contribution in [2.45, 2.75) is 4.90 Å². The minimum atomic E-state index is -3.15. The van der Waals surface area contributed by atoms with Crippen LogP contribution in [0.15, 0.2) is 23.1 Å². The lowest BCUT2D eigenvalue weighted by molar-refractivity contribution is 0.602. The zero-order valence-electron chi connectivity index (χ0n) is 7.80. The number of nitrogens with two attached hydrogens (primary N) is 1. The average molecular weight is 265 g/mol. The number of halogens is 1. The molecule has 2 rings (SSSR count). The molecule has 2 aromatic rings. The first-order chi connectivity index (χ1) is 6.47. The molecular weight excluding hydrogens is 256 g/mol. The number of thiazole rings is 1. The van der Waals surface area contributed by atoms with E-state index in [1.807, 2.05) is 0 Å². The van der Waals surface area contributed by atoms with E-state index < -0.39 is 9.84 Å². The van der Waals surface area contributed by atoms with Gasteiger partial charge < -0.3 is 5.73 Å². The molecule has 0 saturated carbocycles. The Morgan fingerprint density at radius 3 is 2.67 bits per heavy atom. The van der Waals surface area contributed by atoms with Crippen molar-refractivity contribution in [2.75, 3.05) is 12.0 Å². The van der Waals surface area contributed by atoms with Crippen molar-refractivity contribution in [3.8, 4) is 0 Å². The number of anilines is 1. The molecule has 15 heavy (non-hydrogen) atoms. The van der Waals surface area contributed by atoms with E-state index in [4.69, 9.17) is 5.73 Å². The maximum absolute atomic E-state index is 11.2. The number of benzene rings is 1. The van der Waals surface area contributed by atoms with Crippen LogP contribution in [0.2, 0.25) is 0 Å². The number of hydrogen-bond acceptors (Lipinski definition) is 5. The van der Waals surface area contributed by atoms with Crippen molar-refractivity contribution in [1.29, 1.82) is 0 Å². The van der Waals surface area contributed by atoms with E-state index in [9.17, 15) is 8.42 Å². The molecule has 0 saturated heterocycles. The zero-order chi connectivity index (χ0) is 10.3. The van der Waals surface area contributed by atoms with Crippen LogP contribution in [0.3, 0.4) is 0 Å². The summed E-state index contributed by atoms with van der Waals surface area (Å²) in [6.45, 7) is 0. The molecule has 0 aliphatic heterocycles. The average Bonchev–Trinajstić information content (AvgIpc) is 2.41. The Labute approximate surface area is 97.5 Å². The number of hydrogen-bond donors (Lipinski definition) is 1. The Bertz CT molecular complexity index is 592. The lowest BCUT2D eigenvalue weighted by Crippen LogP contribution is -1.95. The Morgan fingerprint density at radius 1 is 1.40 bits per heavy atom. The molecule has 0 unspecified atom stereocenters. The molecule has 7 heteroatoms. The normalized spacial score (nSPS) is 11.3. The van der Waals surface area contributed by atoms with Crippen molar-refractivity contribution >= 4 is 48.9 Å². The number of nitrogen functional groups attached to an aromatic ring is 1. The van der Waals surface area contributed by atoms with Crippen LogP contribution in [0.5, 0.6) is 0 Å². The highest BCUT2D eigenvalue weighted by molar-refractivity contribution is 7.90. The van der Waals surface area contributed by atoms with Gasteiger partial charge in [-0.3, -0.25) is 0 Å². The lowest BCUT2D eigenvalue weighted by atomic mass is 10.3. The molecular formula is C8H9ClN2O2S2. The smallest absolute Gasteiger partial charge is 0.181 e. The fraction of sp³-hybridized carbons (Fsp3) is 0.125. The topological polar surface area (TPSA) is 73.0 Å². The quantitative estimate of drug-likeness (QED) is 0.851. The Kier molecular flexibility index (Phi) is 3.22. The van der Waals surface area contributed by atoms with Crippen molar-refractivity contribution in [3.63, 3.8) is 0 Å². The Morgan fingerprint density at radius 2 is 2.07 bits per heavy atom. The lowest BCUT2D eigenvalue weighted by Gasteiger charge is -1.96. The maximum Gasteiger partial charge on any atom is 0.181 e. The van der Waals surface area contributed by atoms with Gasteiger partial charge in [0.15, 0.2) is 15.0 Å². The molecule has 2 N–H and O–H groups in total. The van der Waals surface area contributed by atoms with E-state index in [1.54, 1.807) is 12.1 Å². The van der Waals surface area contributed by atoms with Crippen LogP contribution < -0.4 is 5.73 Å². The Balaban J connectivity index is 0.00000112. The predicted molar refractivity (Wildman–Crippen MR) is 64.4 cm³/mol. The van der Waals surface area contributed by atoms with Gasteiger partial charge in [0, 0.05) is 6.26 Å². The number of fused-ring (bicyclic) bond motifs is 1. The molecule has 1 aromatic heterocycles. The second kappa shape index (κ2) is 3.96. The summed E-state index contributed by atoms with van der Waals surface area (Å²) < 4.78 is 23.3. The van der Waals surface area contributed by atoms with Crippen molar-refractivity contribution in [2.24, 2.45) is 0 Å². The molecule has 82 valence electrons. The van der Waals surface area contributed by atoms with Crippen molar-refractivity contribution in [3.05, 3.63) is 18.2 Å². The SMILES string of the molecule is CS(=O)(=O)c1ccc2nc(N)sc2c1.Cl. The number of aromatic nitrogens is 1. The molecule has 0 aliphatic carbocycles. The third kappa shape index (κ3) is 2.39. The monoisotopic (exact) mass is 264 g/mol. The Hall–Kier alpha value is -0.850. The number of rotatable bonds is 1. The first-order valence-corrected chi connectivity index (χ1v) is 6.54. The zero-order valence-corrected chi connectivity index (χ0v) is 10.2.